The summed E-state index contributed by atoms with van der Waals surface area (Å²) < 4.78 is 0. The molecule has 0 aromatic heterocycles. The van der Waals surface area contributed by atoms with Crippen molar-refractivity contribution in [3.63, 3.8) is 0 Å². The van der Waals surface area contributed by atoms with Gasteiger partial charge in [0.25, 0.3) is 0 Å². The number of carbonyl (C=O) groups is 2. The summed E-state index contributed by atoms with van der Waals surface area (Å²) in [6.07, 6.45) is 2.76. The van der Waals surface area contributed by atoms with Gasteiger partial charge in [-0.1, -0.05) is 51.1 Å². The molecule has 0 aliphatic carbocycles. The molecule has 1 aromatic rings. The fourth-order valence-electron chi connectivity index (χ4n) is 2.96. The Labute approximate surface area is 151 Å². The quantitative estimate of drug-likeness (QED) is 0.798. The lowest BCUT2D eigenvalue weighted by atomic mass is 9.96. The molecule has 5 heteroatoms. The van der Waals surface area contributed by atoms with Crippen LogP contribution in [0.3, 0.4) is 0 Å². The van der Waals surface area contributed by atoms with E-state index in [0.717, 1.165) is 25.2 Å². The predicted molar refractivity (Wildman–Crippen MR) is 100 cm³/mol. The Bertz CT molecular complexity index is 560. The van der Waals surface area contributed by atoms with Gasteiger partial charge in [-0.05, 0) is 31.5 Å². The maximum absolute atomic E-state index is 12.4. The van der Waals surface area contributed by atoms with E-state index in [4.69, 9.17) is 0 Å². The van der Waals surface area contributed by atoms with Crippen LogP contribution in [0.4, 0.5) is 0 Å². The van der Waals surface area contributed by atoms with Gasteiger partial charge in [-0.25, -0.2) is 0 Å². The summed E-state index contributed by atoms with van der Waals surface area (Å²) in [5.74, 6) is -0.0563. The van der Waals surface area contributed by atoms with Crippen molar-refractivity contribution in [1.29, 1.82) is 0 Å². The minimum absolute atomic E-state index is 0.00915. The maximum atomic E-state index is 12.4. The van der Waals surface area contributed by atoms with Crippen LogP contribution >= 0.6 is 0 Å². The van der Waals surface area contributed by atoms with Gasteiger partial charge in [0.2, 0.25) is 11.8 Å². The molecular weight excluding hydrogens is 314 g/mol. The third-order valence-corrected chi connectivity index (χ3v) is 4.50. The van der Waals surface area contributed by atoms with Crippen LogP contribution in [0.25, 0.3) is 0 Å². The molecule has 138 valence electrons. The van der Waals surface area contributed by atoms with E-state index in [1.54, 1.807) is 0 Å². The van der Waals surface area contributed by atoms with Crippen LogP contribution < -0.4 is 10.6 Å². The van der Waals surface area contributed by atoms with Crippen molar-refractivity contribution < 1.29 is 9.59 Å². The molecule has 1 aliphatic heterocycles. The number of amides is 2. The van der Waals surface area contributed by atoms with E-state index in [0.29, 0.717) is 13.0 Å². The zero-order valence-corrected chi connectivity index (χ0v) is 15.7. The van der Waals surface area contributed by atoms with Crippen molar-refractivity contribution in [2.45, 2.75) is 46.1 Å². The minimum atomic E-state index is -0.432. The molecule has 0 bridgehead atoms. The average molecular weight is 345 g/mol. The molecule has 5 nitrogen and oxygen atoms in total. The molecule has 2 N–H and O–H groups in total. The monoisotopic (exact) mass is 345 g/mol. The van der Waals surface area contributed by atoms with E-state index >= 15 is 0 Å². The molecule has 2 rings (SSSR count). The Morgan fingerprint density at radius 3 is 2.36 bits per heavy atom. The highest BCUT2D eigenvalue weighted by atomic mass is 16.2. The molecule has 1 saturated heterocycles. The second-order valence-electron chi connectivity index (χ2n) is 7.79. The molecule has 1 aliphatic rings. The van der Waals surface area contributed by atoms with Crippen molar-refractivity contribution in [3.8, 4) is 0 Å². The standard InChI is InChI=1S/C20H31N3O2/c1-20(2,3)19(25)21-12-11-18(24)22-17(15-23-13-7-8-14-23)16-9-5-4-6-10-16/h4-6,9-10,17H,7-8,11-15H2,1-3H3,(H,21,25)(H,22,24). The summed E-state index contributed by atoms with van der Waals surface area (Å²) in [4.78, 5) is 26.6. The zero-order valence-electron chi connectivity index (χ0n) is 15.7. The van der Waals surface area contributed by atoms with Gasteiger partial charge >= 0.3 is 0 Å². The molecule has 2 amide bonds. The van der Waals surface area contributed by atoms with Crippen molar-refractivity contribution in [1.82, 2.24) is 15.5 Å². The van der Waals surface area contributed by atoms with Gasteiger partial charge in [0.05, 0.1) is 6.04 Å². The largest absolute Gasteiger partial charge is 0.355 e. The first-order valence-electron chi connectivity index (χ1n) is 9.21. The highest BCUT2D eigenvalue weighted by Gasteiger charge is 2.22. The van der Waals surface area contributed by atoms with Crippen LogP contribution in [0.1, 0.15) is 51.6 Å². The Balaban J connectivity index is 1.87. The SMILES string of the molecule is CC(C)(C)C(=O)NCCC(=O)NC(CN1CCCC1)c1ccccc1. The van der Waals surface area contributed by atoms with Gasteiger partial charge in [0, 0.05) is 24.9 Å². The Kier molecular flexibility index (Phi) is 7.00. The minimum Gasteiger partial charge on any atom is -0.355 e. The molecule has 1 unspecified atom stereocenters. The van der Waals surface area contributed by atoms with Crippen LogP contribution in [-0.2, 0) is 9.59 Å². The summed E-state index contributed by atoms with van der Waals surface area (Å²) in [5, 5.41) is 5.97. The van der Waals surface area contributed by atoms with Crippen molar-refractivity contribution in [2.75, 3.05) is 26.2 Å². The Hall–Kier alpha value is -1.88. The van der Waals surface area contributed by atoms with E-state index in [1.807, 2.05) is 39.0 Å². The van der Waals surface area contributed by atoms with Crippen LogP contribution in [-0.4, -0.2) is 42.9 Å². The average Bonchev–Trinajstić information content (AvgIpc) is 3.07. The van der Waals surface area contributed by atoms with Gasteiger partial charge in [0.15, 0.2) is 0 Å². The maximum Gasteiger partial charge on any atom is 0.225 e. The van der Waals surface area contributed by atoms with E-state index in [9.17, 15) is 9.59 Å². The van der Waals surface area contributed by atoms with Gasteiger partial charge in [0.1, 0.15) is 0 Å². The second kappa shape index (κ2) is 8.99. The molecule has 1 fully saturated rings. The molecule has 0 saturated carbocycles. The number of likely N-dealkylation sites (tertiary alicyclic amines) is 1. The number of rotatable bonds is 7. The molecule has 1 heterocycles. The van der Waals surface area contributed by atoms with Crippen LogP contribution in [0.2, 0.25) is 0 Å². The smallest absolute Gasteiger partial charge is 0.225 e. The lowest BCUT2D eigenvalue weighted by molar-refractivity contribution is -0.128. The van der Waals surface area contributed by atoms with Crippen LogP contribution in [0.15, 0.2) is 30.3 Å². The predicted octanol–water partition coefficient (Wildman–Crippen LogP) is 2.49. The first-order chi connectivity index (χ1) is 11.9. The van der Waals surface area contributed by atoms with Crippen molar-refractivity contribution in [2.24, 2.45) is 5.41 Å². The molecule has 0 radical (unpaired) electrons. The normalized spacial score (nSPS) is 16.4. The van der Waals surface area contributed by atoms with E-state index in [1.165, 1.54) is 12.8 Å². The number of carbonyl (C=O) groups excluding carboxylic acids is 2. The second-order valence-corrected chi connectivity index (χ2v) is 7.79. The zero-order chi connectivity index (χ0) is 18.3. The topological polar surface area (TPSA) is 61.4 Å². The summed E-state index contributed by atoms with van der Waals surface area (Å²) in [5.41, 5.74) is 0.695. The summed E-state index contributed by atoms with van der Waals surface area (Å²) in [6.45, 7) is 9.00. The number of benzene rings is 1. The third-order valence-electron chi connectivity index (χ3n) is 4.50. The lowest BCUT2D eigenvalue weighted by Gasteiger charge is -2.25. The van der Waals surface area contributed by atoms with E-state index in [-0.39, 0.29) is 17.9 Å². The highest BCUT2D eigenvalue weighted by molar-refractivity contribution is 5.82. The highest BCUT2D eigenvalue weighted by Crippen LogP contribution is 2.18. The Morgan fingerprint density at radius 2 is 1.76 bits per heavy atom. The van der Waals surface area contributed by atoms with Gasteiger partial charge in [-0.3, -0.25) is 9.59 Å². The van der Waals surface area contributed by atoms with Gasteiger partial charge < -0.3 is 15.5 Å². The van der Waals surface area contributed by atoms with E-state index in [2.05, 4.69) is 27.7 Å². The first-order valence-corrected chi connectivity index (χ1v) is 9.21. The number of nitrogens with zero attached hydrogens (tertiary/aromatic N) is 1. The van der Waals surface area contributed by atoms with Crippen molar-refractivity contribution in [3.05, 3.63) is 35.9 Å². The summed E-state index contributed by atoms with van der Waals surface area (Å²) >= 11 is 0. The van der Waals surface area contributed by atoms with Crippen LogP contribution in [0.5, 0.6) is 0 Å². The third kappa shape index (κ3) is 6.50. The number of nitrogens with one attached hydrogen (secondary N) is 2. The van der Waals surface area contributed by atoms with E-state index < -0.39 is 5.41 Å². The fraction of sp³-hybridized carbons (Fsp3) is 0.600. The fourth-order valence-corrected chi connectivity index (χ4v) is 2.96. The molecule has 1 atom stereocenters. The Morgan fingerprint density at radius 1 is 1.12 bits per heavy atom. The number of hydrogen-bond acceptors (Lipinski definition) is 3. The van der Waals surface area contributed by atoms with Gasteiger partial charge in [-0.15, -0.1) is 0 Å². The van der Waals surface area contributed by atoms with Crippen molar-refractivity contribution >= 4 is 11.8 Å². The summed E-state index contributed by atoms with van der Waals surface area (Å²) in [6, 6.07) is 10.1. The molecule has 1 aromatic carbocycles. The van der Waals surface area contributed by atoms with Crippen LogP contribution in [0, 0.1) is 5.41 Å². The summed E-state index contributed by atoms with van der Waals surface area (Å²) in [7, 11) is 0. The molecule has 25 heavy (non-hydrogen) atoms. The number of hydrogen-bond donors (Lipinski definition) is 2. The van der Waals surface area contributed by atoms with Gasteiger partial charge in [-0.2, -0.15) is 0 Å². The molecular formula is C20H31N3O2. The molecule has 0 spiro atoms. The first kappa shape index (κ1) is 19.4. The lowest BCUT2D eigenvalue weighted by Crippen LogP contribution is -2.40.